The molecule has 0 atom stereocenters. The van der Waals surface area contributed by atoms with Crippen molar-refractivity contribution in [3.05, 3.63) is 114 Å². The lowest BCUT2D eigenvalue weighted by molar-refractivity contribution is 1.01. The van der Waals surface area contributed by atoms with E-state index in [1.165, 1.54) is 15.6 Å². The summed E-state index contributed by atoms with van der Waals surface area (Å²) in [6, 6.07) is 33.4. The van der Waals surface area contributed by atoms with E-state index < -0.39 is 8.07 Å². The van der Waals surface area contributed by atoms with Gasteiger partial charge in [-0.2, -0.15) is 0 Å². The van der Waals surface area contributed by atoms with Gasteiger partial charge in [0.1, 0.15) is 0 Å². The number of rotatable bonds is 4. The molecular weight excluding hydrogens is 316 g/mol. The first-order valence-corrected chi connectivity index (χ1v) is 10.9. The van der Waals surface area contributed by atoms with Crippen molar-refractivity contribution in [2.45, 2.75) is 12.8 Å². The summed E-state index contributed by atoms with van der Waals surface area (Å²) in [6.45, 7) is 0. The van der Waals surface area contributed by atoms with Crippen LogP contribution in [0.15, 0.2) is 114 Å². The molecule has 0 heterocycles. The molecular formula is C24H22Si. The van der Waals surface area contributed by atoms with Crippen LogP contribution in [0.3, 0.4) is 0 Å². The minimum absolute atomic E-state index is 1.13. The van der Waals surface area contributed by atoms with Crippen LogP contribution in [0, 0.1) is 0 Å². The SMILES string of the molecule is C1=CCCC([Si](c2ccccc2)(c2ccccc2)c2ccccc2)=C1. The molecule has 3 aromatic rings. The largest absolute Gasteiger partial charge is 0.175 e. The predicted molar refractivity (Wildman–Crippen MR) is 110 cm³/mol. The quantitative estimate of drug-likeness (QED) is 0.499. The summed E-state index contributed by atoms with van der Waals surface area (Å²) in [5.41, 5.74) is 0. The predicted octanol–water partition coefficient (Wildman–Crippen LogP) is 3.97. The maximum atomic E-state index is 2.38. The molecule has 0 bridgehead atoms. The van der Waals surface area contributed by atoms with E-state index >= 15 is 0 Å². The molecule has 122 valence electrons. The van der Waals surface area contributed by atoms with E-state index in [-0.39, 0.29) is 0 Å². The van der Waals surface area contributed by atoms with Crippen LogP contribution in [0.1, 0.15) is 12.8 Å². The van der Waals surface area contributed by atoms with Gasteiger partial charge in [-0.25, -0.2) is 0 Å². The maximum Gasteiger partial charge on any atom is 0.175 e. The topological polar surface area (TPSA) is 0 Å². The number of benzene rings is 3. The van der Waals surface area contributed by atoms with Gasteiger partial charge in [0.2, 0.25) is 0 Å². The zero-order valence-corrected chi connectivity index (χ0v) is 15.3. The van der Waals surface area contributed by atoms with Crippen molar-refractivity contribution in [2.75, 3.05) is 0 Å². The molecule has 0 aliphatic heterocycles. The monoisotopic (exact) mass is 338 g/mol. The van der Waals surface area contributed by atoms with Crippen LogP contribution in [-0.2, 0) is 0 Å². The molecule has 1 heteroatoms. The first kappa shape index (κ1) is 15.9. The molecule has 1 aliphatic carbocycles. The Morgan fingerprint density at radius 1 is 0.560 bits per heavy atom. The second-order valence-corrected chi connectivity index (χ2v) is 10.4. The fraction of sp³-hybridized carbons (Fsp3) is 0.0833. The molecule has 3 aromatic carbocycles. The molecule has 0 aromatic heterocycles. The highest BCUT2D eigenvalue weighted by Gasteiger charge is 2.42. The molecule has 0 N–H and O–H groups in total. The Labute approximate surface area is 151 Å². The molecule has 0 spiro atoms. The average molecular weight is 339 g/mol. The van der Waals surface area contributed by atoms with E-state index in [2.05, 4.69) is 109 Å². The molecule has 0 fully saturated rings. The van der Waals surface area contributed by atoms with Gasteiger partial charge in [0.05, 0.1) is 0 Å². The summed E-state index contributed by atoms with van der Waals surface area (Å²) in [7, 11) is -2.21. The highest BCUT2D eigenvalue weighted by molar-refractivity contribution is 7.16. The Balaban J connectivity index is 2.08. The molecule has 0 saturated heterocycles. The normalized spacial score (nSPS) is 14.2. The van der Waals surface area contributed by atoms with Crippen molar-refractivity contribution in [2.24, 2.45) is 0 Å². The lowest BCUT2D eigenvalue weighted by Crippen LogP contribution is -2.68. The van der Waals surface area contributed by atoms with Crippen LogP contribution >= 0.6 is 0 Å². The zero-order chi connectivity index (χ0) is 17.0. The first-order chi connectivity index (χ1) is 12.4. The van der Waals surface area contributed by atoms with Crippen LogP contribution < -0.4 is 15.6 Å². The standard InChI is InChI=1S/C24H22Si/c1-5-13-21(14-6-1)25(22-15-7-2-8-16-22,23-17-9-3-10-18-23)24-19-11-4-12-20-24/h1-11,13-19H,12,20H2. The highest BCUT2D eigenvalue weighted by Crippen LogP contribution is 2.24. The van der Waals surface area contributed by atoms with Gasteiger partial charge < -0.3 is 0 Å². The second kappa shape index (κ2) is 7.08. The molecule has 4 rings (SSSR count). The summed E-state index contributed by atoms with van der Waals surface area (Å²) in [5, 5.41) is 6.00. The van der Waals surface area contributed by atoms with Gasteiger partial charge >= 0.3 is 0 Å². The molecule has 0 nitrogen and oxygen atoms in total. The Hall–Kier alpha value is -2.64. The summed E-state index contributed by atoms with van der Waals surface area (Å²) in [6.07, 6.45) is 9.18. The van der Waals surface area contributed by atoms with Crippen molar-refractivity contribution in [3.8, 4) is 0 Å². The van der Waals surface area contributed by atoms with Gasteiger partial charge in [0.25, 0.3) is 0 Å². The Morgan fingerprint density at radius 2 is 1.00 bits per heavy atom. The first-order valence-electron chi connectivity index (χ1n) is 8.95. The fourth-order valence-electron chi connectivity index (χ4n) is 4.04. The van der Waals surface area contributed by atoms with Crippen molar-refractivity contribution < 1.29 is 0 Å². The summed E-state index contributed by atoms with van der Waals surface area (Å²) in [5.74, 6) is 0. The lowest BCUT2D eigenvalue weighted by atomic mass is 10.2. The van der Waals surface area contributed by atoms with Gasteiger partial charge in [-0.3, -0.25) is 0 Å². The lowest BCUT2D eigenvalue weighted by Gasteiger charge is -2.37. The number of hydrogen-bond donors (Lipinski definition) is 0. The fourth-order valence-corrected chi connectivity index (χ4v) is 9.09. The zero-order valence-electron chi connectivity index (χ0n) is 14.3. The minimum Gasteiger partial charge on any atom is -0.0842 e. The van der Waals surface area contributed by atoms with E-state index in [4.69, 9.17) is 0 Å². The minimum atomic E-state index is -2.21. The van der Waals surface area contributed by atoms with Gasteiger partial charge in [-0.15, -0.1) is 0 Å². The van der Waals surface area contributed by atoms with Crippen molar-refractivity contribution in [3.63, 3.8) is 0 Å². The van der Waals surface area contributed by atoms with Gasteiger partial charge in [0, 0.05) is 0 Å². The molecule has 25 heavy (non-hydrogen) atoms. The Kier molecular flexibility index (Phi) is 4.49. The third kappa shape index (κ3) is 2.81. The van der Waals surface area contributed by atoms with Gasteiger partial charge in [0.15, 0.2) is 8.07 Å². The molecule has 0 radical (unpaired) electrons. The van der Waals surface area contributed by atoms with Crippen LogP contribution in [0.25, 0.3) is 0 Å². The third-order valence-corrected chi connectivity index (χ3v) is 10.1. The Bertz CT molecular complexity index is 780. The van der Waals surface area contributed by atoms with Crippen LogP contribution in [0.5, 0.6) is 0 Å². The summed E-state index contributed by atoms with van der Waals surface area (Å²) in [4.78, 5) is 0. The average Bonchev–Trinajstić information content (AvgIpc) is 2.72. The Morgan fingerprint density at radius 3 is 1.36 bits per heavy atom. The third-order valence-electron chi connectivity index (χ3n) is 5.12. The van der Waals surface area contributed by atoms with Gasteiger partial charge in [-0.1, -0.05) is 114 Å². The van der Waals surface area contributed by atoms with Crippen LogP contribution in [0.2, 0.25) is 0 Å². The summed E-state index contributed by atoms with van der Waals surface area (Å²) >= 11 is 0. The number of allylic oxidation sites excluding steroid dienone is 4. The maximum absolute atomic E-state index is 2.38. The highest BCUT2D eigenvalue weighted by atomic mass is 28.3. The molecule has 0 unspecified atom stereocenters. The van der Waals surface area contributed by atoms with Gasteiger partial charge in [-0.05, 0) is 28.4 Å². The molecule has 1 aliphatic rings. The van der Waals surface area contributed by atoms with Crippen LogP contribution in [-0.4, -0.2) is 8.07 Å². The van der Waals surface area contributed by atoms with E-state index in [1.807, 2.05) is 0 Å². The summed E-state index contributed by atoms with van der Waals surface area (Å²) < 4.78 is 0. The van der Waals surface area contributed by atoms with Crippen LogP contribution in [0.4, 0.5) is 0 Å². The smallest absolute Gasteiger partial charge is 0.0842 e. The van der Waals surface area contributed by atoms with E-state index in [0.29, 0.717) is 0 Å². The van der Waals surface area contributed by atoms with E-state index in [9.17, 15) is 0 Å². The van der Waals surface area contributed by atoms with Crippen molar-refractivity contribution in [1.82, 2.24) is 0 Å². The van der Waals surface area contributed by atoms with E-state index in [1.54, 1.807) is 5.20 Å². The van der Waals surface area contributed by atoms with Crippen molar-refractivity contribution >= 4 is 23.6 Å². The molecule has 0 amide bonds. The molecule has 0 saturated carbocycles. The number of hydrogen-bond acceptors (Lipinski definition) is 0. The van der Waals surface area contributed by atoms with Crippen molar-refractivity contribution in [1.29, 1.82) is 0 Å². The van der Waals surface area contributed by atoms with E-state index in [0.717, 1.165) is 12.8 Å². The second-order valence-electron chi connectivity index (χ2n) is 6.51.